The molecule has 0 saturated carbocycles. The van der Waals surface area contributed by atoms with Gasteiger partial charge in [-0.1, -0.05) is 18.2 Å². The monoisotopic (exact) mass is 353 g/mol. The Hall–Kier alpha value is -3.28. The number of anilines is 1. The molecule has 2 amide bonds. The SMILES string of the molecule is Cc1cc(F)ccc1-c1cccc(N(Cc2cccc(F)c2)C(N)=O)n1. The third kappa shape index (κ3) is 3.85. The van der Waals surface area contributed by atoms with Crippen LogP contribution in [-0.4, -0.2) is 11.0 Å². The van der Waals surface area contributed by atoms with Gasteiger partial charge in [0.25, 0.3) is 0 Å². The summed E-state index contributed by atoms with van der Waals surface area (Å²) in [7, 11) is 0. The first-order chi connectivity index (χ1) is 12.4. The number of hydrogen-bond acceptors (Lipinski definition) is 2. The number of hydrogen-bond donors (Lipinski definition) is 1. The predicted octanol–water partition coefficient (Wildman–Crippen LogP) is 4.42. The van der Waals surface area contributed by atoms with Crippen molar-refractivity contribution in [1.82, 2.24) is 4.98 Å². The van der Waals surface area contributed by atoms with Crippen molar-refractivity contribution in [2.75, 3.05) is 4.90 Å². The van der Waals surface area contributed by atoms with Crippen LogP contribution in [0.25, 0.3) is 11.3 Å². The van der Waals surface area contributed by atoms with Gasteiger partial charge >= 0.3 is 6.03 Å². The van der Waals surface area contributed by atoms with Gasteiger partial charge in [-0.3, -0.25) is 4.90 Å². The molecule has 2 aromatic carbocycles. The highest BCUT2D eigenvalue weighted by Crippen LogP contribution is 2.25. The summed E-state index contributed by atoms with van der Waals surface area (Å²) in [4.78, 5) is 17.7. The number of nitrogens with two attached hydrogens (primary N) is 1. The number of benzene rings is 2. The van der Waals surface area contributed by atoms with Gasteiger partial charge in [0.1, 0.15) is 17.5 Å². The van der Waals surface area contributed by atoms with E-state index in [0.717, 1.165) is 11.1 Å². The number of halogens is 2. The first kappa shape index (κ1) is 17.5. The Morgan fingerprint density at radius 2 is 1.77 bits per heavy atom. The summed E-state index contributed by atoms with van der Waals surface area (Å²) in [5.74, 6) is -0.383. The van der Waals surface area contributed by atoms with Crippen LogP contribution in [0.3, 0.4) is 0 Å². The Balaban J connectivity index is 1.97. The van der Waals surface area contributed by atoms with Gasteiger partial charge in [0.2, 0.25) is 0 Å². The lowest BCUT2D eigenvalue weighted by molar-refractivity contribution is 0.253. The molecule has 0 aliphatic carbocycles. The van der Waals surface area contributed by atoms with E-state index in [1.807, 2.05) is 0 Å². The minimum atomic E-state index is -0.699. The third-order valence-corrected chi connectivity index (χ3v) is 3.97. The van der Waals surface area contributed by atoms with Crippen molar-refractivity contribution in [2.45, 2.75) is 13.5 Å². The summed E-state index contributed by atoms with van der Waals surface area (Å²) in [6, 6.07) is 14.8. The van der Waals surface area contributed by atoms with Crippen LogP contribution in [0.5, 0.6) is 0 Å². The van der Waals surface area contributed by atoms with Crippen LogP contribution >= 0.6 is 0 Å². The van der Waals surface area contributed by atoms with Crippen LogP contribution in [0.4, 0.5) is 19.4 Å². The molecule has 1 aromatic heterocycles. The maximum absolute atomic E-state index is 13.4. The van der Waals surface area contributed by atoms with Gasteiger partial charge in [-0.15, -0.1) is 0 Å². The number of amides is 2. The van der Waals surface area contributed by atoms with Crippen molar-refractivity contribution in [1.29, 1.82) is 0 Å². The van der Waals surface area contributed by atoms with Crippen molar-refractivity contribution >= 4 is 11.8 Å². The maximum atomic E-state index is 13.4. The van der Waals surface area contributed by atoms with Crippen molar-refractivity contribution in [2.24, 2.45) is 5.73 Å². The molecule has 4 nitrogen and oxygen atoms in total. The fraction of sp³-hybridized carbons (Fsp3) is 0.100. The topological polar surface area (TPSA) is 59.2 Å². The van der Waals surface area contributed by atoms with Gasteiger partial charge in [0.15, 0.2) is 0 Å². The highest BCUT2D eigenvalue weighted by atomic mass is 19.1. The summed E-state index contributed by atoms with van der Waals surface area (Å²) in [6.45, 7) is 1.87. The van der Waals surface area contributed by atoms with Crippen molar-refractivity contribution in [3.8, 4) is 11.3 Å². The second-order valence-corrected chi connectivity index (χ2v) is 5.89. The normalized spacial score (nSPS) is 10.6. The number of carbonyl (C=O) groups excluding carboxylic acids is 1. The van der Waals surface area contributed by atoms with E-state index in [4.69, 9.17) is 5.73 Å². The number of urea groups is 1. The van der Waals surface area contributed by atoms with E-state index >= 15 is 0 Å². The zero-order chi connectivity index (χ0) is 18.7. The molecule has 0 unspecified atom stereocenters. The Morgan fingerprint density at radius 1 is 1.04 bits per heavy atom. The smallest absolute Gasteiger partial charge is 0.320 e. The highest BCUT2D eigenvalue weighted by Gasteiger charge is 2.16. The molecule has 1 heterocycles. The van der Waals surface area contributed by atoms with Crippen LogP contribution < -0.4 is 10.6 Å². The van der Waals surface area contributed by atoms with Crippen molar-refractivity contribution < 1.29 is 13.6 Å². The molecule has 132 valence electrons. The molecule has 0 spiro atoms. The second kappa shape index (κ2) is 7.31. The third-order valence-electron chi connectivity index (χ3n) is 3.97. The maximum Gasteiger partial charge on any atom is 0.320 e. The molecular weight excluding hydrogens is 336 g/mol. The molecule has 0 aliphatic heterocycles. The predicted molar refractivity (Wildman–Crippen MR) is 96.5 cm³/mol. The van der Waals surface area contributed by atoms with Gasteiger partial charge in [-0.05, 0) is 60.5 Å². The number of carbonyl (C=O) groups is 1. The van der Waals surface area contributed by atoms with E-state index in [1.165, 1.54) is 29.2 Å². The van der Waals surface area contributed by atoms with Crippen LogP contribution in [-0.2, 0) is 6.54 Å². The summed E-state index contributed by atoms with van der Waals surface area (Å²) in [6.07, 6.45) is 0. The molecule has 0 saturated heterocycles. The Morgan fingerprint density at radius 3 is 2.46 bits per heavy atom. The minimum absolute atomic E-state index is 0.0892. The number of rotatable bonds is 4. The summed E-state index contributed by atoms with van der Waals surface area (Å²) in [5.41, 5.74) is 8.16. The Labute approximate surface area is 149 Å². The van der Waals surface area contributed by atoms with Crippen LogP contribution in [0.15, 0.2) is 60.7 Å². The van der Waals surface area contributed by atoms with Gasteiger partial charge in [0.05, 0.1) is 12.2 Å². The number of aromatic nitrogens is 1. The fourth-order valence-corrected chi connectivity index (χ4v) is 2.73. The Bertz CT molecular complexity index is 959. The van der Waals surface area contributed by atoms with Gasteiger partial charge < -0.3 is 5.73 Å². The minimum Gasteiger partial charge on any atom is -0.351 e. The number of nitrogens with zero attached hydrogens (tertiary/aromatic N) is 2. The lowest BCUT2D eigenvalue weighted by Gasteiger charge is -2.20. The lowest BCUT2D eigenvalue weighted by atomic mass is 10.1. The number of primary amides is 1. The van der Waals surface area contributed by atoms with E-state index in [1.54, 1.807) is 43.3 Å². The molecule has 26 heavy (non-hydrogen) atoms. The van der Waals surface area contributed by atoms with Gasteiger partial charge in [-0.25, -0.2) is 18.6 Å². The standard InChI is InChI=1S/C20H17F2N3O/c1-13-10-16(22)8-9-17(13)18-6-3-7-19(24-18)25(20(23)26)12-14-4-2-5-15(21)11-14/h2-11H,12H2,1H3,(H2,23,26). The molecule has 3 aromatic rings. The molecule has 0 fully saturated rings. The van der Waals surface area contributed by atoms with E-state index in [-0.39, 0.29) is 12.4 Å². The fourth-order valence-electron chi connectivity index (χ4n) is 2.73. The number of aryl methyl sites for hydroxylation is 1. The van der Waals surface area contributed by atoms with Crippen molar-refractivity contribution in [3.63, 3.8) is 0 Å². The van der Waals surface area contributed by atoms with Crippen LogP contribution in [0.1, 0.15) is 11.1 Å². The van der Waals surface area contributed by atoms with E-state index in [9.17, 15) is 13.6 Å². The molecule has 3 rings (SSSR count). The summed E-state index contributed by atoms with van der Waals surface area (Å²) in [5, 5.41) is 0. The molecule has 0 atom stereocenters. The van der Waals surface area contributed by atoms with Gasteiger partial charge in [0, 0.05) is 5.56 Å². The first-order valence-corrected chi connectivity index (χ1v) is 7.99. The van der Waals surface area contributed by atoms with E-state index < -0.39 is 11.8 Å². The van der Waals surface area contributed by atoms with Crippen molar-refractivity contribution in [3.05, 3.63) is 83.4 Å². The Kier molecular flexibility index (Phi) is 4.93. The second-order valence-electron chi connectivity index (χ2n) is 5.89. The van der Waals surface area contributed by atoms with E-state index in [0.29, 0.717) is 17.1 Å². The summed E-state index contributed by atoms with van der Waals surface area (Å²) >= 11 is 0. The lowest BCUT2D eigenvalue weighted by Crippen LogP contribution is -2.35. The average molecular weight is 353 g/mol. The molecular formula is C20H17F2N3O. The van der Waals surface area contributed by atoms with E-state index in [2.05, 4.69) is 4.98 Å². The molecule has 2 N–H and O–H groups in total. The quantitative estimate of drug-likeness (QED) is 0.755. The molecule has 0 radical (unpaired) electrons. The van der Waals surface area contributed by atoms with Crippen LogP contribution in [0, 0.1) is 18.6 Å². The van der Waals surface area contributed by atoms with Gasteiger partial charge in [-0.2, -0.15) is 0 Å². The zero-order valence-corrected chi connectivity index (χ0v) is 14.1. The molecule has 0 aliphatic rings. The largest absolute Gasteiger partial charge is 0.351 e. The summed E-state index contributed by atoms with van der Waals surface area (Å²) < 4.78 is 26.7. The average Bonchev–Trinajstić information content (AvgIpc) is 2.59. The first-order valence-electron chi connectivity index (χ1n) is 7.99. The van der Waals surface area contributed by atoms with Crippen LogP contribution in [0.2, 0.25) is 0 Å². The molecule has 6 heteroatoms. The zero-order valence-electron chi connectivity index (χ0n) is 14.1. The molecule has 0 bridgehead atoms. The highest BCUT2D eigenvalue weighted by molar-refractivity contribution is 5.89. The number of pyridine rings is 1.